The van der Waals surface area contributed by atoms with E-state index in [1.807, 2.05) is 64.0 Å². The number of nitrogens with one attached hydrogen (secondary N) is 2. The van der Waals surface area contributed by atoms with E-state index in [1.165, 1.54) is 0 Å². The van der Waals surface area contributed by atoms with Gasteiger partial charge in [-0.05, 0) is 44.0 Å². The van der Waals surface area contributed by atoms with Crippen molar-refractivity contribution in [2.75, 3.05) is 44.0 Å². The van der Waals surface area contributed by atoms with Crippen LogP contribution in [0.15, 0.2) is 41.5 Å². The molecule has 0 saturated carbocycles. The van der Waals surface area contributed by atoms with Gasteiger partial charge < -0.3 is 20.3 Å². The number of hydrogen-bond acceptors (Lipinski definition) is 8. The first-order valence-corrected chi connectivity index (χ1v) is 12.1. The molecule has 4 rings (SSSR count). The maximum atomic E-state index is 13.8. The summed E-state index contributed by atoms with van der Waals surface area (Å²) in [4.78, 5) is 29.9. The van der Waals surface area contributed by atoms with Gasteiger partial charge in [0.15, 0.2) is 0 Å². The Labute approximate surface area is 206 Å². The van der Waals surface area contributed by atoms with Gasteiger partial charge in [0.25, 0.3) is 5.56 Å². The highest BCUT2D eigenvalue weighted by Crippen LogP contribution is 2.34. The summed E-state index contributed by atoms with van der Waals surface area (Å²) in [5.74, 6) is 1.46. The predicted octanol–water partition coefficient (Wildman–Crippen LogP) is 2.49. The van der Waals surface area contributed by atoms with Crippen molar-refractivity contribution in [3.63, 3.8) is 0 Å². The van der Waals surface area contributed by atoms with Gasteiger partial charge in [0.2, 0.25) is 0 Å². The minimum Gasteiger partial charge on any atom is -0.374 e. The molecule has 0 spiro atoms. The number of anilines is 2. The summed E-state index contributed by atoms with van der Waals surface area (Å²) in [5, 5.41) is 7.01. The van der Waals surface area contributed by atoms with E-state index in [2.05, 4.69) is 20.6 Å². The maximum Gasteiger partial charge on any atom is 0.277 e. The highest BCUT2D eigenvalue weighted by molar-refractivity contribution is 5.64. The normalized spacial score (nSPS) is 19.7. The lowest BCUT2D eigenvalue weighted by Gasteiger charge is -2.36. The summed E-state index contributed by atoms with van der Waals surface area (Å²) in [7, 11) is 5.67. The first kappa shape index (κ1) is 24.8. The van der Waals surface area contributed by atoms with Crippen LogP contribution in [-0.4, -0.2) is 59.4 Å². The molecule has 0 unspecified atom stereocenters. The summed E-state index contributed by atoms with van der Waals surface area (Å²) in [5.41, 5.74) is 3.03. The summed E-state index contributed by atoms with van der Waals surface area (Å²) in [6.07, 6.45) is 3.97. The summed E-state index contributed by atoms with van der Waals surface area (Å²) in [6.45, 7) is 7.81. The van der Waals surface area contributed by atoms with Gasteiger partial charge in [-0.1, -0.05) is 13.0 Å². The van der Waals surface area contributed by atoms with E-state index < -0.39 is 5.54 Å². The lowest BCUT2D eigenvalue weighted by molar-refractivity contribution is 0.0384. The Morgan fingerprint density at radius 1 is 1.29 bits per heavy atom. The Balaban J connectivity index is 1.84. The maximum absolute atomic E-state index is 13.8. The van der Waals surface area contributed by atoms with Crippen molar-refractivity contribution in [3.8, 4) is 11.4 Å². The van der Waals surface area contributed by atoms with Crippen LogP contribution in [0.1, 0.15) is 30.8 Å². The average Bonchev–Trinajstić information content (AvgIpc) is 3.26. The second kappa shape index (κ2) is 10.1. The number of pyridine rings is 2. The van der Waals surface area contributed by atoms with Crippen molar-refractivity contribution in [1.29, 1.82) is 0 Å². The highest BCUT2D eigenvalue weighted by atomic mass is 16.5. The summed E-state index contributed by atoms with van der Waals surface area (Å²) >= 11 is 0. The SMILES string of the molecule is CCO[C@H]1CNC[C@@]1(Nc1c(CC)nc(-c2cnc(N(C)C)cc2C)n(C)c1=O)c1ccccn1. The zero-order chi connectivity index (χ0) is 25.2. The van der Waals surface area contributed by atoms with Crippen molar-refractivity contribution in [3.05, 3.63) is 64.0 Å². The second-order valence-corrected chi connectivity index (χ2v) is 9.11. The van der Waals surface area contributed by atoms with E-state index in [-0.39, 0.29) is 11.7 Å². The molecule has 0 aromatic carbocycles. The average molecular weight is 478 g/mol. The minimum absolute atomic E-state index is 0.139. The number of ether oxygens (including phenoxy) is 1. The third kappa shape index (κ3) is 4.53. The van der Waals surface area contributed by atoms with Gasteiger partial charge in [0.05, 0.1) is 17.5 Å². The van der Waals surface area contributed by atoms with Crippen molar-refractivity contribution in [2.24, 2.45) is 7.05 Å². The Kier molecular flexibility index (Phi) is 7.18. The molecule has 2 atom stereocenters. The number of hydrogen-bond donors (Lipinski definition) is 2. The number of rotatable bonds is 8. The second-order valence-electron chi connectivity index (χ2n) is 9.11. The number of aryl methyl sites for hydroxylation is 2. The molecule has 0 amide bonds. The fourth-order valence-electron chi connectivity index (χ4n) is 4.67. The Hall–Kier alpha value is -3.30. The lowest BCUT2D eigenvalue weighted by Crippen LogP contribution is -2.49. The Bertz CT molecular complexity index is 1240. The Morgan fingerprint density at radius 2 is 2.09 bits per heavy atom. The molecule has 0 radical (unpaired) electrons. The van der Waals surface area contributed by atoms with Crippen molar-refractivity contribution < 1.29 is 4.74 Å². The van der Waals surface area contributed by atoms with Crippen LogP contribution in [-0.2, 0) is 23.7 Å². The summed E-state index contributed by atoms with van der Waals surface area (Å²) < 4.78 is 7.72. The van der Waals surface area contributed by atoms with Crippen molar-refractivity contribution >= 4 is 11.5 Å². The number of aromatic nitrogens is 4. The molecule has 186 valence electrons. The van der Waals surface area contributed by atoms with E-state index >= 15 is 0 Å². The van der Waals surface area contributed by atoms with Crippen molar-refractivity contribution in [2.45, 2.75) is 38.8 Å². The first-order chi connectivity index (χ1) is 16.8. The zero-order valence-corrected chi connectivity index (χ0v) is 21.4. The monoisotopic (exact) mass is 477 g/mol. The molecule has 2 N–H and O–H groups in total. The van der Waals surface area contributed by atoms with E-state index in [4.69, 9.17) is 9.72 Å². The van der Waals surface area contributed by atoms with Gasteiger partial charge in [0, 0.05) is 58.8 Å². The van der Waals surface area contributed by atoms with Crippen LogP contribution >= 0.6 is 0 Å². The van der Waals surface area contributed by atoms with Gasteiger partial charge >= 0.3 is 0 Å². The molecule has 0 aliphatic carbocycles. The van der Waals surface area contributed by atoms with Crippen LogP contribution < -0.4 is 21.1 Å². The number of nitrogens with zero attached hydrogens (tertiary/aromatic N) is 5. The van der Waals surface area contributed by atoms with Crippen LogP contribution in [0.2, 0.25) is 0 Å². The fraction of sp³-hybridized carbons (Fsp3) is 0.462. The molecular weight excluding hydrogens is 442 g/mol. The van der Waals surface area contributed by atoms with Gasteiger partial charge in [0.1, 0.15) is 22.9 Å². The standard InChI is InChI=1S/C26H35N7O2/c1-7-19-23(31-26(20-11-9-10-12-28-20)16-27-15-21(26)35-8-2)25(34)33(6)24(30-19)18-14-29-22(32(4)5)13-17(18)3/h9-14,21,27,31H,7-8,15-16H2,1-6H3/t21-,26+/m0/s1. The smallest absolute Gasteiger partial charge is 0.277 e. The first-order valence-electron chi connectivity index (χ1n) is 12.1. The third-order valence-electron chi connectivity index (χ3n) is 6.62. The molecule has 9 heteroatoms. The van der Waals surface area contributed by atoms with Gasteiger partial charge in [-0.3, -0.25) is 14.3 Å². The quantitative estimate of drug-likeness (QED) is 0.511. The van der Waals surface area contributed by atoms with Crippen LogP contribution in [0.5, 0.6) is 0 Å². The topological polar surface area (TPSA) is 97.2 Å². The van der Waals surface area contributed by atoms with Gasteiger partial charge in [-0.2, -0.15) is 0 Å². The molecule has 35 heavy (non-hydrogen) atoms. The largest absolute Gasteiger partial charge is 0.374 e. The molecule has 1 aliphatic rings. The fourth-order valence-corrected chi connectivity index (χ4v) is 4.67. The molecule has 1 saturated heterocycles. The van der Waals surface area contributed by atoms with Crippen LogP contribution in [0, 0.1) is 6.92 Å². The van der Waals surface area contributed by atoms with Crippen molar-refractivity contribution in [1.82, 2.24) is 24.8 Å². The van der Waals surface area contributed by atoms with E-state index in [0.717, 1.165) is 22.6 Å². The molecule has 1 fully saturated rings. The van der Waals surface area contributed by atoms with Crippen LogP contribution in [0.3, 0.4) is 0 Å². The van der Waals surface area contributed by atoms with Crippen LogP contribution in [0.25, 0.3) is 11.4 Å². The summed E-state index contributed by atoms with van der Waals surface area (Å²) in [6, 6.07) is 7.83. The lowest BCUT2D eigenvalue weighted by atomic mass is 9.90. The molecule has 3 aromatic heterocycles. The molecule has 9 nitrogen and oxygen atoms in total. The molecule has 4 heterocycles. The van der Waals surface area contributed by atoms with Crippen LogP contribution in [0.4, 0.5) is 11.5 Å². The zero-order valence-electron chi connectivity index (χ0n) is 21.4. The van der Waals surface area contributed by atoms with E-state index in [1.54, 1.807) is 24.0 Å². The van der Waals surface area contributed by atoms with E-state index in [9.17, 15) is 4.79 Å². The molecule has 1 aliphatic heterocycles. The molecule has 0 bridgehead atoms. The minimum atomic E-state index is -0.693. The molecule has 3 aromatic rings. The highest BCUT2D eigenvalue weighted by Gasteiger charge is 2.47. The predicted molar refractivity (Wildman–Crippen MR) is 139 cm³/mol. The van der Waals surface area contributed by atoms with E-state index in [0.29, 0.717) is 43.3 Å². The Morgan fingerprint density at radius 3 is 2.71 bits per heavy atom. The van der Waals surface area contributed by atoms with Gasteiger partial charge in [-0.15, -0.1) is 0 Å². The third-order valence-corrected chi connectivity index (χ3v) is 6.62. The van der Waals surface area contributed by atoms with Gasteiger partial charge in [-0.25, -0.2) is 9.97 Å². The molecular formula is C26H35N7O2.